The third-order valence-electron chi connectivity index (χ3n) is 6.90. The van der Waals surface area contributed by atoms with Crippen LogP contribution in [-0.2, 0) is 9.59 Å². The molecule has 8 nitrogen and oxygen atoms in total. The first kappa shape index (κ1) is 26.0. The molecule has 7 atom stereocenters. The lowest BCUT2D eigenvalue weighted by Crippen LogP contribution is -2.63. The Balaban J connectivity index is 0.00000306. The van der Waals surface area contributed by atoms with Gasteiger partial charge >= 0.3 is 5.97 Å². The summed E-state index contributed by atoms with van der Waals surface area (Å²) in [7, 11) is 0. The number of hydrogen-bond acceptors (Lipinski definition) is 7. The van der Waals surface area contributed by atoms with Crippen LogP contribution in [-0.4, -0.2) is 62.6 Å². The number of hydrogen-bond donors (Lipinski definition) is 5. The molecule has 0 bridgehead atoms. The first-order valence-corrected chi connectivity index (χ1v) is 12.0. The molecule has 3 aliphatic heterocycles. The maximum Gasteiger partial charge on any atom is 0.353 e. The quantitative estimate of drug-likeness (QED) is 0.343. The highest BCUT2D eigenvalue weighted by molar-refractivity contribution is 8.03. The zero-order valence-electron chi connectivity index (χ0n) is 18.7. The van der Waals surface area contributed by atoms with Crippen LogP contribution >= 0.6 is 24.2 Å². The Hall–Kier alpha value is -1.62. The van der Waals surface area contributed by atoms with Crippen molar-refractivity contribution < 1.29 is 24.9 Å². The van der Waals surface area contributed by atoms with Crippen molar-refractivity contribution in [1.29, 1.82) is 0 Å². The van der Waals surface area contributed by atoms with Crippen molar-refractivity contribution in [3.63, 3.8) is 0 Å². The SMILES string of the molecule is C[C@@H](O)[C@H]1C(=O)N2C(C(=O)O)=C(S[C@@H]3CN[C@@H](c4ccc(C(N)CCO)cc4)C3)[C@H](C)[C@H]12.Cl. The molecule has 6 N–H and O–H groups in total. The fourth-order valence-corrected chi connectivity index (χ4v) is 6.67. The van der Waals surface area contributed by atoms with Gasteiger partial charge in [-0.05, 0) is 30.9 Å². The number of aliphatic hydroxyl groups is 2. The van der Waals surface area contributed by atoms with E-state index in [0.29, 0.717) is 6.42 Å². The highest BCUT2D eigenvalue weighted by Gasteiger charge is 2.60. The van der Waals surface area contributed by atoms with Gasteiger partial charge in [-0.3, -0.25) is 4.79 Å². The van der Waals surface area contributed by atoms with Crippen LogP contribution in [0.25, 0.3) is 0 Å². The smallest absolute Gasteiger partial charge is 0.353 e. The van der Waals surface area contributed by atoms with E-state index in [4.69, 9.17) is 10.8 Å². The van der Waals surface area contributed by atoms with Gasteiger partial charge < -0.3 is 31.3 Å². The number of aliphatic carboxylic acids is 1. The number of nitrogens with zero attached hydrogens (tertiary/aromatic N) is 1. The van der Waals surface area contributed by atoms with E-state index in [9.17, 15) is 19.8 Å². The Bertz CT molecular complexity index is 925. The number of nitrogens with two attached hydrogens (primary N) is 1. The van der Waals surface area contributed by atoms with E-state index in [-0.39, 0.29) is 59.9 Å². The Labute approximate surface area is 204 Å². The highest BCUT2D eigenvalue weighted by Crippen LogP contribution is 2.52. The zero-order chi connectivity index (χ0) is 23.2. The second-order valence-electron chi connectivity index (χ2n) is 8.99. The average molecular weight is 498 g/mol. The minimum atomic E-state index is -1.09. The number of fused-ring (bicyclic) bond motifs is 1. The molecule has 10 heteroatoms. The Morgan fingerprint density at radius 3 is 2.58 bits per heavy atom. The van der Waals surface area contributed by atoms with Crippen LogP contribution in [0.3, 0.4) is 0 Å². The molecular formula is C23H32ClN3O5S. The van der Waals surface area contributed by atoms with E-state index in [1.165, 1.54) is 4.90 Å². The summed E-state index contributed by atoms with van der Waals surface area (Å²) >= 11 is 1.55. The molecule has 1 aromatic rings. The number of thioether (sulfide) groups is 1. The maximum absolute atomic E-state index is 12.5. The molecular weight excluding hydrogens is 466 g/mol. The number of halogens is 1. The number of carboxylic acid groups (broad SMARTS) is 1. The third-order valence-corrected chi connectivity index (χ3v) is 8.41. The molecule has 0 spiro atoms. The second-order valence-corrected chi connectivity index (χ2v) is 10.3. The first-order valence-electron chi connectivity index (χ1n) is 11.1. The number of amides is 1. The van der Waals surface area contributed by atoms with Gasteiger partial charge in [0, 0.05) is 41.3 Å². The summed E-state index contributed by atoms with van der Waals surface area (Å²) in [6.45, 7) is 4.33. The monoisotopic (exact) mass is 497 g/mol. The van der Waals surface area contributed by atoms with Gasteiger partial charge in [-0.1, -0.05) is 31.2 Å². The number of β-lactam (4-membered cyclic amide) rings is 1. The van der Waals surface area contributed by atoms with E-state index in [1.807, 2.05) is 19.1 Å². The van der Waals surface area contributed by atoms with E-state index in [0.717, 1.165) is 29.0 Å². The second kappa shape index (κ2) is 10.3. The normalized spacial score (nSPS) is 30.5. The molecule has 0 aliphatic carbocycles. The maximum atomic E-state index is 12.5. The van der Waals surface area contributed by atoms with Gasteiger partial charge in [-0.2, -0.15) is 0 Å². The first-order chi connectivity index (χ1) is 15.2. The van der Waals surface area contributed by atoms with Gasteiger partial charge in [0.05, 0.1) is 18.1 Å². The minimum absolute atomic E-state index is 0. The molecule has 2 fully saturated rings. The standard InChI is InChI=1S/C23H31N3O5S.ClH/c1-11-19-18(12(2)28)22(29)26(19)20(23(30)31)21(11)32-15-9-17(25-10-15)14-5-3-13(4-6-14)16(24)7-8-27;/h3-6,11-12,15-19,25,27-28H,7-10,24H2,1-2H3,(H,30,31);1H/t11-,12-,15+,16?,17-,18-,19-;/m1./s1. The summed E-state index contributed by atoms with van der Waals surface area (Å²) in [6.07, 6.45) is 0.570. The van der Waals surface area contributed by atoms with E-state index < -0.39 is 18.0 Å². The molecule has 3 heterocycles. The lowest BCUT2D eigenvalue weighted by atomic mass is 9.79. The number of carboxylic acids is 1. The topological polar surface area (TPSA) is 136 Å². The number of benzene rings is 1. The summed E-state index contributed by atoms with van der Waals surface area (Å²) in [5.41, 5.74) is 8.28. The van der Waals surface area contributed by atoms with Crippen LogP contribution < -0.4 is 11.1 Å². The van der Waals surface area contributed by atoms with Crippen LogP contribution in [0.1, 0.15) is 49.9 Å². The Morgan fingerprint density at radius 2 is 2.00 bits per heavy atom. The van der Waals surface area contributed by atoms with Gasteiger partial charge in [0.2, 0.25) is 5.91 Å². The van der Waals surface area contributed by atoms with Gasteiger partial charge in [0.1, 0.15) is 5.70 Å². The van der Waals surface area contributed by atoms with Crippen molar-refractivity contribution in [1.82, 2.24) is 10.2 Å². The Kier molecular flexibility index (Phi) is 8.14. The van der Waals surface area contributed by atoms with Crippen molar-refractivity contribution in [2.24, 2.45) is 17.6 Å². The highest BCUT2D eigenvalue weighted by atomic mass is 35.5. The van der Waals surface area contributed by atoms with Gasteiger partial charge in [-0.15, -0.1) is 24.2 Å². The molecule has 0 saturated carbocycles. The van der Waals surface area contributed by atoms with Crippen molar-refractivity contribution in [3.8, 4) is 0 Å². The third kappa shape index (κ3) is 4.67. The summed E-state index contributed by atoms with van der Waals surface area (Å²) in [5, 5.41) is 32.6. The van der Waals surface area contributed by atoms with Crippen LogP contribution in [0.15, 0.2) is 34.9 Å². The van der Waals surface area contributed by atoms with Crippen LogP contribution in [0.2, 0.25) is 0 Å². The molecule has 1 aromatic carbocycles. The van der Waals surface area contributed by atoms with Gasteiger partial charge in [0.25, 0.3) is 0 Å². The van der Waals surface area contributed by atoms with Gasteiger partial charge in [0.15, 0.2) is 0 Å². The van der Waals surface area contributed by atoms with E-state index in [2.05, 4.69) is 17.4 Å². The molecule has 0 aromatic heterocycles. The fourth-order valence-electron chi connectivity index (χ4n) is 5.19. The Morgan fingerprint density at radius 1 is 1.33 bits per heavy atom. The summed E-state index contributed by atoms with van der Waals surface area (Å²) in [4.78, 5) is 26.6. The fraction of sp³-hybridized carbons (Fsp3) is 0.565. The molecule has 33 heavy (non-hydrogen) atoms. The van der Waals surface area contributed by atoms with Crippen LogP contribution in [0.5, 0.6) is 0 Å². The molecule has 182 valence electrons. The molecule has 1 unspecified atom stereocenters. The number of carbonyl (C=O) groups excluding carboxylic acids is 1. The number of rotatable bonds is 8. The van der Waals surface area contributed by atoms with Crippen molar-refractivity contribution >= 4 is 36.0 Å². The predicted octanol–water partition coefficient (Wildman–Crippen LogP) is 1.78. The lowest BCUT2D eigenvalue weighted by molar-refractivity contribution is -0.163. The molecule has 1 amide bonds. The van der Waals surface area contributed by atoms with Crippen molar-refractivity contribution in [2.75, 3.05) is 13.2 Å². The van der Waals surface area contributed by atoms with Gasteiger partial charge in [-0.25, -0.2) is 4.79 Å². The molecule has 4 rings (SSSR count). The predicted molar refractivity (Wildman–Crippen MR) is 129 cm³/mol. The van der Waals surface area contributed by atoms with E-state index in [1.54, 1.807) is 18.7 Å². The largest absolute Gasteiger partial charge is 0.477 e. The van der Waals surface area contributed by atoms with Crippen molar-refractivity contribution in [2.45, 2.75) is 56.2 Å². The molecule has 0 radical (unpaired) electrons. The number of aliphatic hydroxyl groups excluding tert-OH is 2. The van der Waals surface area contributed by atoms with E-state index >= 15 is 0 Å². The minimum Gasteiger partial charge on any atom is -0.477 e. The van der Waals surface area contributed by atoms with Crippen molar-refractivity contribution in [3.05, 3.63) is 46.0 Å². The summed E-state index contributed by atoms with van der Waals surface area (Å²) in [5.74, 6) is -2.04. The summed E-state index contributed by atoms with van der Waals surface area (Å²) in [6, 6.07) is 7.79. The molecule has 3 aliphatic rings. The zero-order valence-corrected chi connectivity index (χ0v) is 20.3. The van der Waals surface area contributed by atoms with Crippen LogP contribution in [0.4, 0.5) is 0 Å². The number of carbonyl (C=O) groups is 2. The number of nitrogens with one attached hydrogen (secondary N) is 1. The summed E-state index contributed by atoms with van der Waals surface area (Å²) < 4.78 is 0. The van der Waals surface area contributed by atoms with Crippen LogP contribution in [0, 0.1) is 11.8 Å². The average Bonchev–Trinajstić information content (AvgIpc) is 3.30. The molecule has 2 saturated heterocycles. The lowest BCUT2D eigenvalue weighted by Gasteiger charge is -2.46.